The zero-order valence-electron chi connectivity index (χ0n) is 10.5. The first-order valence-electron chi connectivity index (χ1n) is 6.78. The minimum Gasteiger partial charge on any atom is -0.253 e. The van der Waals surface area contributed by atoms with Gasteiger partial charge in [0.05, 0.1) is 5.52 Å². The second kappa shape index (κ2) is 4.48. The number of aryl methyl sites for hydroxylation is 3. The van der Waals surface area contributed by atoms with Crippen molar-refractivity contribution in [2.45, 2.75) is 45.4 Å². The zero-order chi connectivity index (χ0) is 11.7. The van der Waals surface area contributed by atoms with Gasteiger partial charge in [0.1, 0.15) is 0 Å². The molecule has 0 aliphatic heterocycles. The molecular weight excluding hydrogens is 206 g/mol. The van der Waals surface area contributed by atoms with Crippen molar-refractivity contribution in [3.05, 3.63) is 41.1 Å². The van der Waals surface area contributed by atoms with Crippen molar-refractivity contribution < 1.29 is 0 Å². The Morgan fingerprint density at radius 1 is 1.12 bits per heavy atom. The standard InChI is InChI=1S/C16H19N/c1-2-5-12-8-9-16-14(10-12)11-13-6-3-4-7-15(13)17-16/h8-11H,2-7H2,1H3. The predicted molar refractivity (Wildman–Crippen MR) is 72.4 cm³/mol. The van der Waals surface area contributed by atoms with Gasteiger partial charge in [-0.3, -0.25) is 4.98 Å². The fraction of sp³-hybridized carbons (Fsp3) is 0.438. The summed E-state index contributed by atoms with van der Waals surface area (Å²) in [5, 5.41) is 1.33. The Kier molecular flexibility index (Phi) is 2.84. The minimum absolute atomic E-state index is 1.17. The number of pyridine rings is 1. The molecule has 17 heavy (non-hydrogen) atoms. The minimum atomic E-state index is 1.17. The number of benzene rings is 1. The molecule has 1 nitrogen and oxygen atoms in total. The van der Waals surface area contributed by atoms with Crippen molar-refractivity contribution in [3.63, 3.8) is 0 Å². The third-order valence-electron chi connectivity index (χ3n) is 3.70. The van der Waals surface area contributed by atoms with E-state index < -0.39 is 0 Å². The average molecular weight is 225 g/mol. The molecule has 2 aromatic rings. The van der Waals surface area contributed by atoms with E-state index in [2.05, 4.69) is 31.2 Å². The highest BCUT2D eigenvalue weighted by Crippen LogP contribution is 2.24. The van der Waals surface area contributed by atoms with E-state index in [9.17, 15) is 0 Å². The molecule has 3 rings (SSSR count). The summed E-state index contributed by atoms with van der Waals surface area (Å²) >= 11 is 0. The van der Waals surface area contributed by atoms with E-state index in [-0.39, 0.29) is 0 Å². The van der Waals surface area contributed by atoms with Gasteiger partial charge in [-0.25, -0.2) is 0 Å². The number of aromatic nitrogens is 1. The molecule has 0 amide bonds. The monoisotopic (exact) mass is 225 g/mol. The summed E-state index contributed by atoms with van der Waals surface area (Å²) in [7, 11) is 0. The summed E-state index contributed by atoms with van der Waals surface area (Å²) in [6.45, 7) is 2.23. The molecule has 1 aliphatic carbocycles. The molecule has 0 N–H and O–H groups in total. The third-order valence-corrected chi connectivity index (χ3v) is 3.70. The molecule has 1 aromatic heterocycles. The lowest BCUT2D eigenvalue weighted by molar-refractivity contribution is 0.671. The van der Waals surface area contributed by atoms with Gasteiger partial charge in [0.2, 0.25) is 0 Å². The Bertz CT molecular complexity index is 542. The van der Waals surface area contributed by atoms with Crippen LogP contribution in [0.1, 0.15) is 43.0 Å². The van der Waals surface area contributed by atoms with Crippen LogP contribution in [-0.2, 0) is 19.3 Å². The van der Waals surface area contributed by atoms with Crippen LogP contribution in [0.5, 0.6) is 0 Å². The van der Waals surface area contributed by atoms with E-state index in [1.54, 1.807) is 0 Å². The molecule has 88 valence electrons. The molecule has 0 radical (unpaired) electrons. The number of nitrogens with zero attached hydrogens (tertiary/aromatic N) is 1. The molecule has 0 atom stereocenters. The fourth-order valence-corrected chi connectivity index (χ4v) is 2.79. The van der Waals surface area contributed by atoms with Crippen LogP contribution in [0.2, 0.25) is 0 Å². The highest BCUT2D eigenvalue weighted by Gasteiger charge is 2.11. The average Bonchev–Trinajstić information content (AvgIpc) is 2.36. The number of rotatable bonds is 2. The molecule has 1 heterocycles. The van der Waals surface area contributed by atoms with Crippen LogP contribution in [0.25, 0.3) is 10.9 Å². The maximum absolute atomic E-state index is 4.82. The smallest absolute Gasteiger partial charge is 0.0705 e. The van der Waals surface area contributed by atoms with E-state index in [0.29, 0.717) is 0 Å². The molecule has 0 unspecified atom stereocenters. The van der Waals surface area contributed by atoms with Gasteiger partial charge < -0.3 is 0 Å². The summed E-state index contributed by atoms with van der Waals surface area (Å²) in [5.41, 5.74) is 5.44. The largest absolute Gasteiger partial charge is 0.253 e. The van der Waals surface area contributed by atoms with Gasteiger partial charge in [-0.05, 0) is 61.4 Å². The molecule has 0 saturated carbocycles. The third kappa shape index (κ3) is 2.06. The molecule has 0 bridgehead atoms. The van der Waals surface area contributed by atoms with Crippen LogP contribution in [0.15, 0.2) is 24.3 Å². The van der Waals surface area contributed by atoms with Crippen LogP contribution in [0.3, 0.4) is 0 Å². The summed E-state index contributed by atoms with van der Waals surface area (Å²) in [5.74, 6) is 0. The topological polar surface area (TPSA) is 12.9 Å². The van der Waals surface area contributed by atoms with E-state index in [0.717, 1.165) is 0 Å². The van der Waals surface area contributed by atoms with Gasteiger partial charge in [0.25, 0.3) is 0 Å². The number of hydrogen-bond donors (Lipinski definition) is 0. The second-order valence-electron chi connectivity index (χ2n) is 5.08. The van der Waals surface area contributed by atoms with Gasteiger partial charge in [0.15, 0.2) is 0 Å². The predicted octanol–water partition coefficient (Wildman–Crippen LogP) is 4.07. The Balaban J connectivity index is 2.10. The maximum Gasteiger partial charge on any atom is 0.0705 e. The van der Waals surface area contributed by atoms with Crippen LogP contribution < -0.4 is 0 Å². The molecule has 0 saturated heterocycles. The normalized spacial score (nSPS) is 14.9. The van der Waals surface area contributed by atoms with Gasteiger partial charge in [-0.2, -0.15) is 0 Å². The summed E-state index contributed by atoms with van der Waals surface area (Å²) in [4.78, 5) is 4.82. The zero-order valence-corrected chi connectivity index (χ0v) is 10.5. The highest BCUT2D eigenvalue weighted by molar-refractivity contribution is 5.80. The van der Waals surface area contributed by atoms with E-state index >= 15 is 0 Å². The van der Waals surface area contributed by atoms with Crippen molar-refractivity contribution in [2.24, 2.45) is 0 Å². The molecule has 1 aromatic carbocycles. The van der Waals surface area contributed by atoms with Crippen LogP contribution in [0.4, 0.5) is 0 Å². The van der Waals surface area contributed by atoms with Crippen molar-refractivity contribution in [2.75, 3.05) is 0 Å². The van der Waals surface area contributed by atoms with Crippen LogP contribution in [0, 0.1) is 0 Å². The summed E-state index contributed by atoms with van der Waals surface area (Å²) < 4.78 is 0. The molecular formula is C16H19N. The Hall–Kier alpha value is -1.37. The van der Waals surface area contributed by atoms with Gasteiger partial charge in [-0.1, -0.05) is 19.4 Å². The lowest BCUT2D eigenvalue weighted by Crippen LogP contribution is -2.05. The summed E-state index contributed by atoms with van der Waals surface area (Å²) in [6.07, 6.45) is 7.41. The Morgan fingerprint density at radius 3 is 2.88 bits per heavy atom. The lowest BCUT2D eigenvalue weighted by atomic mass is 9.94. The first kappa shape index (κ1) is 10.8. The van der Waals surface area contributed by atoms with Crippen LogP contribution >= 0.6 is 0 Å². The second-order valence-corrected chi connectivity index (χ2v) is 5.08. The molecule has 0 spiro atoms. The molecule has 0 fully saturated rings. The number of hydrogen-bond acceptors (Lipinski definition) is 1. The molecule has 1 aliphatic rings. The van der Waals surface area contributed by atoms with E-state index in [1.807, 2.05) is 0 Å². The van der Waals surface area contributed by atoms with Crippen molar-refractivity contribution >= 4 is 10.9 Å². The van der Waals surface area contributed by atoms with E-state index in [4.69, 9.17) is 4.98 Å². The van der Waals surface area contributed by atoms with Gasteiger partial charge in [-0.15, -0.1) is 0 Å². The van der Waals surface area contributed by atoms with Crippen LogP contribution in [-0.4, -0.2) is 4.98 Å². The fourth-order valence-electron chi connectivity index (χ4n) is 2.79. The molecule has 1 heteroatoms. The lowest BCUT2D eigenvalue weighted by Gasteiger charge is -2.15. The van der Waals surface area contributed by atoms with Gasteiger partial charge >= 0.3 is 0 Å². The summed E-state index contributed by atoms with van der Waals surface area (Å²) in [6, 6.07) is 9.11. The van der Waals surface area contributed by atoms with Crippen molar-refractivity contribution in [3.8, 4) is 0 Å². The first-order valence-corrected chi connectivity index (χ1v) is 6.78. The highest BCUT2D eigenvalue weighted by atomic mass is 14.7. The Morgan fingerprint density at radius 2 is 2.00 bits per heavy atom. The van der Waals surface area contributed by atoms with Crippen molar-refractivity contribution in [1.82, 2.24) is 4.98 Å². The Labute approximate surface area is 103 Å². The number of fused-ring (bicyclic) bond motifs is 2. The maximum atomic E-state index is 4.82. The van der Waals surface area contributed by atoms with Gasteiger partial charge in [0, 0.05) is 11.1 Å². The first-order chi connectivity index (χ1) is 8.36. The van der Waals surface area contributed by atoms with Crippen molar-refractivity contribution in [1.29, 1.82) is 0 Å². The van der Waals surface area contributed by atoms with E-state index in [1.165, 1.54) is 66.2 Å². The quantitative estimate of drug-likeness (QED) is 0.751. The SMILES string of the molecule is CCCc1ccc2nc3c(cc2c1)CCCC3.